The van der Waals surface area contributed by atoms with Gasteiger partial charge in [0.1, 0.15) is 17.1 Å². The summed E-state index contributed by atoms with van der Waals surface area (Å²) in [5, 5.41) is 14.1. The fourth-order valence-corrected chi connectivity index (χ4v) is 4.75. The van der Waals surface area contributed by atoms with E-state index in [0.717, 1.165) is 29.9 Å². The molecule has 0 saturated heterocycles. The Kier molecular flexibility index (Phi) is 7.60. The number of aromatic nitrogens is 4. The summed E-state index contributed by atoms with van der Waals surface area (Å²) in [6.07, 6.45) is 7.28. The highest BCUT2D eigenvalue weighted by atomic mass is 32.3. The van der Waals surface area contributed by atoms with Crippen molar-refractivity contribution in [2.45, 2.75) is 13.3 Å². The number of anilines is 1. The Morgan fingerprint density at radius 3 is 2.91 bits per heavy atom. The van der Waals surface area contributed by atoms with E-state index < -0.39 is 10.1 Å². The lowest BCUT2D eigenvalue weighted by molar-refractivity contribution is 0.205. The molecule has 0 aromatic carbocycles. The number of nitriles is 1. The van der Waals surface area contributed by atoms with Gasteiger partial charge < -0.3 is 23.3 Å². The molecule has 0 spiro atoms. The number of rotatable bonds is 11. The van der Waals surface area contributed by atoms with Gasteiger partial charge in [-0.2, -0.15) is 5.26 Å². The third kappa shape index (κ3) is 5.59. The number of hydrogen-bond donors (Lipinski definition) is 2. The summed E-state index contributed by atoms with van der Waals surface area (Å²) in [4.78, 5) is 11.2. The van der Waals surface area contributed by atoms with Crippen LogP contribution in [0.3, 0.4) is 0 Å². The Labute approximate surface area is 204 Å². The van der Waals surface area contributed by atoms with Gasteiger partial charge in [0.2, 0.25) is 12.1 Å². The molecule has 0 atom stereocenters. The number of ether oxygens (including phenoxy) is 2. The second-order valence-electron chi connectivity index (χ2n) is 8.03. The third-order valence-corrected chi connectivity index (χ3v) is 7.18. The van der Waals surface area contributed by atoms with E-state index in [-0.39, 0.29) is 0 Å². The average Bonchev–Trinajstić information content (AvgIpc) is 3.46. The molecule has 0 saturated carbocycles. The van der Waals surface area contributed by atoms with Gasteiger partial charge in [0.25, 0.3) is 0 Å². The van der Waals surface area contributed by atoms with Crippen molar-refractivity contribution in [1.82, 2.24) is 19.6 Å². The predicted octanol–water partition coefficient (Wildman–Crippen LogP) is 3.43. The van der Waals surface area contributed by atoms with Gasteiger partial charge in [-0.05, 0) is 37.8 Å². The summed E-state index contributed by atoms with van der Waals surface area (Å²) in [6, 6.07) is 7.36. The Bertz CT molecular complexity index is 1400. The van der Waals surface area contributed by atoms with Gasteiger partial charge >= 0.3 is 0 Å². The van der Waals surface area contributed by atoms with Crippen molar-refractivity contribution in [3.8, 4) is 23.5 Å². The van der Waals surface area contributed by atoms with E-state index in [0.29, 0.717) is 48.4 Å². The fraction of sp³-hybridized carbons (Fsp3) is 0.391. The molecule has 35 heavy (non-hydrogen) atoms. The second-order valence-corrected chi connectivity index (χ2v) is 10.9. The van der Waals surface area contributed by atoms with Gasteiger partial charge in [-0.3, -0.25) is 0 Å². The maximum atomic E-state index is 10.1. The molecule has 0 fully saturated rings. The van der Waals surface area contributed by atoms with E-state index >= 15 is 0 Å². The highest BCUT2D eigenvalue weighted by Gasteiger charge is 2.18. The lowest BCUT2D eigenvalue weighted by atomic mass is 10.2. The topological polar surface area (TPSA) is 134 Å². The summed E-state index contributed by atoms with van der Waals surface area (Å²) in [6.45, 7) is 4.53. The SMILES string of the molecule is CCN(CCOC)c1nccc2oc(-c3cnc4ccc(OCCC[SH](C)(O)=NC#N)nn34)cc12. The highest BCUT2D eigenvalue weighted by Crippen LogP contribution is 2.33. The molecule has 0 unspecified atom stereocenters. The number of methoxy groups -OCH3 is 1. The third-order valence-electron chi connectivity index (χ3n) is 5.50. The van der Waals surface area contributed by atoms with E-state index in [1.165, 1.54) is 0 Å². The molecular formula is C23H29N7O4S. The lowest BCUT2D eigenvalue weighted by Gasteiger charge is -2.21. The fourth-order valence-electron chi connectivity index (χ4n) is 3.73. The number of hydrogen-bond acceptors (Lipinski definition) is 9. The van der Waals surface area contributed by atoms with Crippen molar-refractivity contribution in [3.05, 3.63) is 36.7 Å². The first-order valence-corrected chi connectivity index (χ1v) is 13.6. The van der Waals surface area contributed by atoms with Crippen LogP contribution in [0.5, 0.6) is 5.88 Å². The van der Waals surface area contributed by atoms with Crippen LogP contribution in [-0.4, -0.2) is 69.6 Å². The first-order valence-electron chi connectivity index (χ1n) is 11.3. The average molecular weight is 500 g/mol. The minimum Gasteiger partial charge on any atom is -0.477 e. The van der Waals surface area contributed by atoms with Crippen LogP contribution in [0.1, 0.15) is 13.3 Å². The molecular weight excluding hydrogens is 470 g/mol. The molecule has 0 radical (unpaired) electrons. The van der Waals surface area contributed by atoms with Gasteiger partial charge in [0.05, 0.1) is 24.8 Å². The van der Waals surface area contributed by atoms with E-state index in [9.17, 15) is 4.55 Å². The largest absolute Gasteiger partial charge is 0.477 e. The molecule has 12 heteroatoms. The summed E-state index contributed by atoms with van der Waals surface area (Å²) in [5.74, 6) is 2.29. The van der Waals surface area contributed by atoms with Crippen molar-refractivity contribution in [2.24, 2.45) is 4.36 Å². The minimum atomic E-state index is -2.56. The van der Waals surface area contributed by atoms with Crippen molar-refractivity contribution in [1.29, 1.82) is 5.26 Å². The smallest absolute Gasteiger partial charge is 0.231 e. The monoisotopic (exact) mass is 499 g/mol. The number of furan rings is 1. The molecule has 4 heterocycles. The van der Waals surface area contributed by atoms with Crippen LogP contribution < -0.4 is 9.64 Å². The molecule has 0 amide bonds. The van der Waals surface area contributed by atoms with Gasteiger partial charge in [-0.15, -0.1) is 9.46 Å². The highest BCUT2D eigenvalue weighted by molar-refractivity contribution is 7.99. The van der Waals surface area contributed by atoms with Crippen LogP contribution >= 0.6 is 0 Å². The number of nitrogens with zero attached hydrogens (tertiary/aromatic N) is 7. The quantitative estimate of drug-likeness (QED) is 0.181. The first kappa shape index (κ1) is 24.6. The van der Waals surface area contributed by atoms with Crippen LogP contribution in [0.4, 0.5) is 5.82 Å². The number of thiol groups is 1. The molecule has 0 aliphatic carbocycles. The molecule has 0 aliphatic rings. The molecule has 0 aliphatic heterocycles. The molecule has 186 valence electrons. The second kappa shape index (κ2) is 10.8. The van der Waals surface area contributed by atoms with E-state index in [1.807, 2.05) is 18.2 Å². The van der Waals surface area contributed by atoms with Crippen molar-refractivity contribution in [2.75, 3.05) is 50.3 Å². The first-order chi connectivity index (χ1) is 17.0. The summed E-state index contributed by atoms with van der Waals surface area (Å²) in [7, 11) is -0.872. The van der Waals surface area contributed by atoms with E-state index in [1.54, 1.807) is 42.5 Å². The van der Waals surface area contributed by atoms with Crippen LogP contribution in [0.15, 0.2) is 45.4 Å². The van der Waals surface area contributed by atoms with Gasteiger partial charge in [0.15, 0.2) is 11.4 Å². The van der Waals surface area contributed by atoms with Crippen LogP contribution in [0, 0.1) is 11.5 Å². The van der Waals surface area contributed by atoms with Crippen molar-refractivity contribution in [3.63, 3.8) is 0 Å². The zero-order chi connectivity index (χ0) is 24.8. The molecule has 0 bridgehead atoms. The maximum absolute atomic E-state index is 10.1. The molecule has 4 aromatic rings. The maximum Gasteiger partial charge on any atom is 0.231 e. The number of fused-ring (bicyclic) bond motifs is 2. The zero-order valence-electron chi connectivity index (χ0n) is 20.0. The van der Waals surface area contributed by atoms with Crippen molar-refractivity contribution >= 4 is 32.5 Å². The number of pyridine rings is 1. The van der Waals surface area contributed by atoms with Gasteiger partial charge in [-0.25, -0.2) is 14.5 Å². The summed E-state index contributed by atoms with van der Waals surface area (Å²) >= 11 is 0. The normalized spacial score (nSPS) is 12.1. The number of likely N-dealkylation sites (N-methyl/N-ethyl adjacent to an activating group) is 1. The van der Waals surface area contributed by atoms with Crippen LogP contribution in [-0.2, 0) is 14.8 Å². The van der Waals surface area contributed by atoms with Gasteiger partial charge in [0, 0.05) is 38.2 Å². The Balaban J connectivity index is 1.58. The predicted molar refractivity (Wildman–Crippen MR) is 136 cm³/mol. The number of imidazole rings is 1. The van der Waals surface area contributed by atoms with E-state index in [2.05, 4.69) is 31.3 Å². The van der Waals surface area contributed by atoms with Crippen LogP contribution in [0.25, 0.3) is 28.1 Å². The standard InChI is InChI=1S/C23H29N7O4S/c1-4-29(10-12-32-2)23-17-14-20(34-19(17)8-9-25-23)18-15-26-21-6-7-22(28-30(18)21)33-11-5-13-35(3,31)27-16-24/h6-9,14-15,35H,4-5,10-13H2,1-3H3,(H,27,31). The summed E-state index contributed by atoms with van der Waals surface area (Å²) in [5.41, 5.74) is 2.07. The molecule has 4 aromatic heterocycles. The minimum absolute atomic E-state index is 0.341. The summed E-state index contributed by atoms with van der Waals surface area (Å²) < 4.78 is 32.5. The molecule has 11 nitrogen and oxygen atoms in total. The Hall–Kier alpha value is -3.53. The Morgan fingerprint density at radius 2 is 2.14 bits per heavy atom. The van der Waals surface area contributed by atoms with Crippen molar-refractivity contribution < 1.29 is 18.4 Å². The molecule has 1 N–H and O–H groups in total. The zero-order valence-corrected chi connectivity index (χ0v) is 20.9. The van der Waals surface area contributed by atoms with Gasteiger partial charge in [-0.1, -0.05) is 10.1 Å². The Morgan fingerprint density at radius 1 is 1.29 bits per heavy atom. The lowest BCUT2D eigenvalue weighted by Crippen LogP contribution is -2.27. The van der Waals surface area contributed by atoms with Crippen LogP contribution in [0.2, 0.25) is 0 Å². The molecule has 4 rings (SSSR count). The van der Waals surface area contributed by atoms with E-state index in [4.69, 9.17) is 19.2 Å².